The SMILES string of the molecule is CC(C)(CNC(=O)N1CCC(C(C)(C)C)CC1)C(=O)O. The van der Waals surface area contributed by atoms with Crippen molar-refractivity contribution in [3.8, 4) is 0 Å². The number of hydrogen-bond donors (Lipinski definition) is 2. The molecular weight excluding hydrogens is 256 g/mol. The van der Waals surface area contributed by atoms with Crippen LogP contribution in [-0.2, 0) is 4.79 Å². The van der Waals surface area contributed by atoms with Gasteiger partial charge in [0, 0.05) is 19.6 Å². The minimum atomic E-state index is -0.931. The molecule has 0 bridgehead atoms. The van der Waals surface area contributed by atoms with E-state index in [1.807, 2.05) is 0 Å². The number of nitrogens with zero attached hydrogens (tertiary/aromatic N) is 1. The molecule has 2 N–H and O–H groups in total. The highest BCUT2D eigenvalue weighted by molar-refractivity contribution is 5.77. The number of amides is 2. The monoisotopic (exact) mass is 284 g/mol. The van der Waals surface area contributed by atoms with E-state index in [2.05, 4.69) is 26.1 Å². The van der Waals surface area contributed by atoms with Gasteiger partial charge in [-0.2, -0.15) is 0 Å². The second kappa shape index (κ2) is 6.02. The number of rotatable bonds is 3. The van der Waals surface area contributed by atoms with Crippen molar-refractivity contribution in [2.75, 3.05) is 19.6 Å². The van der Waals surface area contributed by atoms with Gasteiger partial charge in [-0.05, 0) is 38.0 Å². The molecule has 5 nitrogen and oxygen atoms in total. The van der Waals surface area contributed by atoms with Crippen molar-refractivity contribution in [2.24, 2.45) is 16.7 Å². The number of hydrogen-bond acceptors (Lipinski definition) is 2. The number of aliphatic carboxylic acids is 1. The van der Waals surface area contributed by atoms with Crippen LogP contribution in [0.1, 0.15) is 47.5 Å². The van der Waals surface area contributed by atoms with Crippen molar-refractivity contribution in [1.29, 1.82) is 0 Å². The molecule has 116 valence electrons. The van der Waals surface area contributed by atoms with E-state index in [9.17, 15) is 9.59 Å². The van der Waals surface area contributed by atoms with E-state index in [0.717, 1.165) is 25.9 Å². The molecule has 5 heteroatoms. The van der Waals surface area contributed by atoms with E-state index in [1.54, 1.807) is 18.7 Å². The Balaban J connectivity index is 2.42. The molecule has 1 aliphatic heterocycles. The van der Waals surface area contributed by atoms with E-state index in [4.69, 9.17) is 5.11 Å². The first-order valence-electron chi connectivity index (χ1n) is 7.30. The van der Waals surface area contributed by atoms with Crippen molar-refractivity contribution in [3.63, 3.8) is 0 Å². The number of carboxylic acids is 1. The Morgan fingerprint density at radius 1 is 1.15 bits per heavy atom. The van der Waals surface area contributed by atoms with E-state index in [-0.39, 0.29) is 18.0 Å². The van der Waals surface area contributed by atoms with Gasteiger partial charge in [0.1, 0.15) is 0 Å². The molecule has 2 amide bonds. The molecule has 1 saturated heterocycles. The van der Waals surface area contributed by atoms with Crippen LogP contribution in [0.3, 0.4) is 0 Å². The fourth-order valence-electron chi connectivity index (χ4n) is 2.43. The lowest BCUT2D eigenvalue weighted by Crippen LogP contribution is -2.49. The normalized spacial score (nSPS) is 17.9. The topological polar surface area (TPSA) is 69.6 Å². The first kappa shape index (κ1) is 16.8. The van der Waals surface area contributed by atoms with Crippen molar-refractivity contribution in [3.05, 3.63) is 0 Å². The molecule has 1 heterocycles. The molecule has 0 aliphatic carbocycles. The van der Waals surface area contributed by atoms with Crippen LogP contribution >= 0.6 is 0 Å². The van der Waals surface area contributed by atoms with Crippen molar-refractivity contribution in [2.45, 2.75) is 47.5 Å². The molecular formula is C15H28N2O3. The summed E-state index contributed by atoms with van der Waals surface area (Å²) in [5.74, 6) is -0.258. The summed E-state index contributed by atoms with van der Waals surface area (Å²) in [4.78, 5) is 24.8. The molecule has 0 radical (unpaired) electrons. The molecule has 0 unspecified atom stereocenters. The Labute approximate surface area is 121 Å². The second-order valence-electron chi connectivity index (χ2n) is 7.48. The summed E-state index contributed by atoms with van der Waals surface area (Å²) < 4.78 is 0. The summed E-state index contributed by atoms with van der Waals surface area (Å²) in [5, 5.41) is 11.8. The quantitative estimate of drug-likeness (QED) is 0.837. The van der Waals surface area contributed by atoms with Crippen LogP contribution in [0.5, 0.6) is 0 Å². The van der Waals surface area contributed by atoms with Crippen LogP contribution in [0.2, 0.25) is 0 Å². The minimum Gasteiger partial charge on any atom is -0.481 e. The lowest BCUT2D eigenvalue weighted by atomic mass is 9.75. The molecule has 0 saturated carbocycles. The van der Waals surface area contributed by atoms with E-state index >= 15 is 0 Å². The molecule has 1 fully saturated rings. The molecule has 0 atom stereocenters. The summed E-state index contributed by atoms with van der Waals surface area (Å²) in [7, 11) is 0. The predicted molar refractivity (Wildman–Crippen MR) is 78.6 cm³/mol. The highest BCUT2D eigenvalue weighted by Gasteiger charge is 2.32. The predicted octanol–water partition coefficient (Wildman–Crippen LogP) is 2.56. The smallest absolute Gasteiger partial charge is 0.317 e. The molecule has 0 aromatic carbocycles. The Morgan fingerprint density at radius 2 is 1.65 bits per heavy atom. The van der Waals surface area contributed by atoms with Crippen LogP contribution in [-0.4, -0.2) is 41.6 Å². The maximum atomic E-state index is 12.0. The zero-order valence-electron chi connectivity index (χ0n) is 13.3. The van der Waals surface area contributed by atoms with Gasteiger partial charge in [-0.25, -0.2) is 4.79 Å². The minimum absolute atomic E-state index is 0.147. The van der Waals surface area contributed by atoms with Gasteiger partial charge in [-0.15, -0.1) is 0 Å². The lowest BCUT2D eigenvalue weighted by Gasteiger charge is -2.39. The van der Waals surface area contributed by atoms with Crippen LogP contribution in [0, 0.1) is 16.7 Å². The third-order valence-electron chi connectivity index (χ3n) is 4.27. The maximum Gasteiger partial charge on any atom is 0.317 e. The summed E-state index contributed by atoms with van der Waals surface area (Å²) in [6, 6.07) is -0.147. The first-order valence-corrected chi connectivity index (χ1v) is 7.30. The number of carbonyl (C=O) groups excluding carboxylic acids is 1. The van der Waals surface area contributed by atoms with E-state index in [1.165, 1.54) is 0 Å². The molecule has 1 aliphatic rings. The Hall–Kier alpha value is -1.26. The average Bonchev–Trinajstić information content (AvgIpc) is 2.35. The second-order valence-corrected chi connectivity index (χ2v) is 7.48. The van der Waals surface area contributed by atoms with Crippen LogP contribution < -0.4 is 5.32 Å². The number of piperidine rings is 1. The standard InChI is InChI=1S/C15H28N2O3/c1-14(2,3)11-6-8-17(9-7-11)13(20)16-10-15(4,5)12(18)19/h11H,6-10H2,1-5H3,(H,16,20)(H,18,19). The van der Waals surface area contributed by atoms with Gasteiger partial charge in [0.15, 0.2) is 0 Å². The number of likely N-dealkylation sites (tertiary alicyclic amines) is 1. The van der Waals surface area contributed by atoms with Gasteiger partial charge in [0.25, 0.3) is 0 Å². The molecule has 0 spiro atoms. The summed E-state index contributed by atoms with van der Waals surface area (Å²) >= 11 is 0. The van der Waals surface area contributed by atoms with Crippen LogP contribution in [0.4, 0.5) is 4.79 Å². The van der Waals surface area contributed by atoms with Gasteiger partial charge in [-0.1, -0.05) is 20.8 Å². The van der Waals surface area contributed by atoms with Crippen molar-refractivity contribution >= 4 is 12.0 Å². The molecule has 0 aromatic heterocycles. The largest absolute Gasteiger partial charge is 0.481 e. The Kier molecular flexibility index (Phi) is 5.05. The molecule has 0 aromatic rings. The summed E-state index contributed by atoms with van der Waals surface area (Å²) in [6.45, 7) is 11.6. The van der Waals surface area contributed by atoms with Crippen LogP contribution in [0.15, 0.2) is 0 Å². The van der Waals surface area contributed by atoms with Gasteiger partial charge >= 0.3 is 12.0 Å². The van der Waals surface area contributed by atoms with Gasteiger partial charge in [-0.3, -0.25) is 4.79 Å². The third kappa shape index (κ3) is 4.39. The molecule has 20 heavy (non-hydrogen) atoms. The zero-order chi connectivity index (χ0) is 15.6. The zero-order valence-corrected chi connectivity index (χ0v) is 13.3. The van der Waals surface area contributed by atoms with E-state index in [0.29, 0.717) is 5.92 Å². The first-order chi connectivity index (χ1) is 9.04. The Morgan fingerprint density at radius 3 is 2.05 bits per heavy atom. The number of carbonyl (C=O) groups is 2. The summed E-state index contributed by atoms with van der Waals surface area (Å²) in [5.41, 5.74) is -0.646. The Bertz CT molecular complexity index is 364. The van der Waals surface area contributed by atoms with Gasteiger partial charge in [0.05, 0.1) is 5.41 Å². The number of nitrogens with one attached hydrogen (secondary N) is 1. The fraction of sp³-hybridized carbons (Fsp3) is 0.867. The average molecular weight is 284 g/mol. The van der Waals surface area contributed by atoms with Gasteiger partial charge < -0.3 is 15.3 Å². The van der Waals surface area contributed by atoms with Crippen LogP contribution in [0.25, 0.3) is 0 Å². The number of carboxylic acid groups (broad SMARTS) is 1. The highest BCUT2D eigenvalue weighted by Crippen LogP contribution is 2.34. The fourth-order valence-corrected chi connectivity index (χ4v) is 2.43. The van der Waals surface area contributed by atoms with Crippen molar-refractivity contribution < 1.29 is 14.7 Å². The third-order valence-corrected chi connectivity index (χ3v) is 4.27. The van der Waals surface area contributed by atoms with Gasteiger partial charge in [0.2, 0.25) is 0 Å². The van der Waals surface area contributed by atoms with Crippen molar-refractivity contribution in [1.82, 2.24) is 10.2 Å². The van der Waals surface area contributed by atoms with E-state index < -0.39 is 11.4 Å². The lowest BCUT2D eigenvalue weighted by molar-refractivity contribution is -0.146. The molecule has 1 rings (SSSR count). The maximum absolute atomic E-state index is 12.0. The summed E-state index contributed by atoms with van der Waals surface area (Å²) in [6.07, 6.45) is 2.03. The number of urea groups is 1. The highest BCUT2D eigenvalue weighted by atomic mass is 16.4.